The third-order valence-electron chi connectivity index (χ3n) is 1.41. The van der Waals surface area contributed by atoms with E-state index in [9.17, 15) is 0 Å². The first kappa shape index (κ1) is 5.29. The maximum Gasteiger partial charge on any atom is 0.229 e. The minimum Gasteiger partial charge on any atom is -0.367 e. The van der Waals surface area contributed by atoms with E-state index < -0.39 is 0 Å². The number of fused-ring (bicyclic) bond motifs is 1. The molecule has 1 heterocycles. The summed E-state index contributed by atoms with van der Waals surface area (Å²) >= 11 is 0. The van der Waals surface area contributed by atoms with Crippen LogP contribution in [0.25, 0.3) is 10.9 Å². The van der Waals surface area contributed by atoms with Crippen molar-refractivity contribution in [2.24, 2.45) is 0 Å². The molecule has 0 saturated heterocycles. The van der Waals surface area contributed by atoms with E-state index in [1.807, 2.05) is 24.3 Å². The van der Waals surface area contributed by atoms with Crippen molar-refractivity contribution in [1.82, 2.24) is 5.16 Å². The van der Waals surface area contributed by atoms with Crippen LogP contribution in [0, 0.1) is 0 Å². The van der Waals surface area contributed by atoms with Crippen molar-refractivity contribution in [3.63, 3.8) is 0 Å². The summed E-state index contributed by atoms with van der Waals surface area (Å²) in [5.74, 6) is 0.385. The molecule has 0 aliphatic carbocycles. The molecule has 0 radical (unpaired) electrons. The molecule has 0 saturated carbocycles. The fourth-order valence-corrected chi connectivity index (χ4v) is 0.909. The number of rotatable bonds is 0. The number of nitrogen functional groups attached to an aromatic ring is 1. The number of nitrogens with two attached hydrogens (primary N) is 1. The predicted molar refractivity (Wildman–Crippen MR) is 38.4 cm³/mol. The van der Waals surface area contributed by atoms with Gasteiger partial charge in [0, 0.05) is 0 Å². The Balaban J connectivity index is 2.93. The highest BCUT2D eigenvalue weighted by Gasteiger charge is 2.00. The summed E-state index contributed by atoms with van der Waals surface area (Å²) < 4.78 is 4.74. The Hall–Kier alpha value is -1.51. The van der Waals surface area contributed by atoms with Crippen LogP contribution in [0.2, 0.25) is 0 Å². The third-order valence-corrected chi connectivity index (χ3v) is 1.41. The number of nitrogens with zero attached hydrogens (tertiary/aromatic N) is 1. The molecule has 0 bridgehead atoms. The molecule has 50 valence electrons. The minimum atomic E-state index is 0.385. The summed E-state index contributed by atoms with van der Waals surface area (Å²) in [6, 6.07) is 7.52. The standard InChI is InChI=1S/C7H6N2O/c8-7-5-3-1-2-4-6(5)9-10-7/h1-4H,8H2. The lowest BCUT2D eigenvalue weighted by Gasteiger charge is -1.82. The molecule has 0 unspecified atom stereocenters. The molecule has 2 rings (SSSR count). The van der Waals surface area contributed by atoms with E-state index in [0.29, 0.717) is 5.88 Å². The van der Waals surface area contributed by atoms with Gasteiger partial charge >= 0.3 is 0 Å². The smallest absolute Gasteiger partial charge is 0.229 e. The van der Waals surface area contributed by atoms with Gasteiger partial charge in [0.05, 0.1) is 5.39 Å². The van der Waals surface area contributed by atoms with Crippen LogP contribution in [0.15, 0.2) is 28.8 Å². The van der Waals surface area contributed by atoms with Gasteiger partial charge in [-0.1, -0.05) is 17.3 Å². The summed E-state index contributed by atoms with van der Waals surface area (Å²) in [5.41, 5.74) is 6.25. The van der Waals surface area contributed by atoms with Crippen LogP contribution in [0.1, 0.15) is 0 Å². The van der Waals surface area contributed by atoms with Crippen molar-refractivity contribution in [1.29, 1.82) is 0 Å². The van der Waals surface area contributed by atoms with Gasteiger partial charge in [0.15, 0.2) is 0 Å². The van der Waals surface area contributed by atoms with Gasteiger partial charge in [0.2, 0.25) is 5.88 Å². The fraction of sp³-hybridized carbons (Fsp3) is 0. The molecular formula is C7H6N2O. The number of anilines is 1. The van der Waals surface area contributed by atoms with Crippen molar-refractivity contribution >= 4 is 16.8 Å². The second-order valence-electron chi connectivity index (χ2n) is 2.06. The Kier molecular flexibility index (Phi) is 0.917. The van der Waals surface area contributed by atoms with E-state index in [2.05, 4.69) is 5.16 Å². The highest BCUT2D eigenvalue weighted by Crippen LogP contribution is 2.18. The number of benzene rings is 1. The zero-order valence-electron chi connectivity index (χ0n) is 5.24. The van der Waals surface area contributed by atoms with Crippen molar-refractivity contribution in [2.45, 2.75) is 0 Å². The van der Waals surface area contributed by atoms with Crippen molar-refractivity contribution < 1.29 is 4.52 Å². The van der Waals surface area contributed by atoms with E-state index in [-0.39, 0.29) is 0 Å². The molecule has 1 aromatic heterocycles. The summed E-state index contributed by atoms with van der Waals surface area (Å²) in [4.78, 5) is 0. The van der Waals surface area contributed by atoms with Gasteiger partial charge in [-0.2, -0.15) is 0 Å². The highest BCUT2D eigenvalue weighted by molar-refractivity contribution is 5.86. The second kappa shape index (κ2) is 1.73. The fourth-order valence-electron chi connectivity index (χ4n) is 0.909. The minimum absolute atomic E-state index is 0.385. The second-order valence-corrected chi connectivity index (χ2v) is 2.06. The monoisotopic (exact) mass is 134 g/mol. The molecule has 0 atom stereocenters. The van der Waals surface area contributed by atoms with Gasteiger partial charge < -0.3 is 10.3 Å². The normalized spacial score (nSPS) is 10.4. The van der Waals surface area contributed by atoms with Crippen LogP contribution in [0.5, 0.6) is 0 Å². The number of hydrogen-bond acceptors (Lipinski definition) is 3. The summed E-state index contributed by atoms with van der Waals surface area (Å²) in [5, 5.41) is 4.60. The molecule has 0 amide bonds. The topological polar surface area (TPSA) is 52.0 Å². The number of aromatic nitrogens is 1. The molecular weight excluding hydrogens is 128 g/mol. The molecule has 2 N–H and O–H groups in total. The lowest BCUT2D eigenvalue weighted by atomic mass is 10.2. The first-order chi connectivity index (χ1) is 4.88. The summed E-state index contributed by atoms with van der Waals surface area (Å²) in [7, 11) is 0. The van der Waals surface area contributed by atoms with Crippen LogP contribution in [-0.2, 0) is 0 Å². The van der Waals surface area contributed by atoms with Gasteiger partial charge in [-0.3, -0.25) is 0 Å². The Morgan fingerprint density at radius 3 is 2.90 bits per heavy atom. The van der Waals surface area contributed by atoms with Crippen LogP contribution in [0.4, 0.5) is 5.88 Å². The van der Waals surface area contributed by atoms with Crippen molar-refractivity contribution in [3.8, 4) is 0 Å². The zero-order valence-corrected chi connectivity index (χ0v) is 5.24. The lowest BCUT2D eigenvalue weighted by Crippen LogP contribution is -1.78. The van der Waals surface area contributed by atoms with Crippen LogP contribution >= 0.6 is 0 Å². The number of hydrogen-bond donors (Lipinski definition) is 1. The molecule has 3 nitrogen and oxygen atoms in total. The predicted octanol–water partition coefficient (Wildman–Crippen LogP) is 1.41. The Labute approximate surface area is 57.4 Å². The van der Waals surface area contributed by atoms with Gasteiger partial charge in [-0.15, -0.1) is 0 Å². The average molecular weight is 134 g/mol. The Morgan fingerprint density at radius 1 is 1.30 bits per heavy atom. The summed E-state index contributed by atoms with van der Waals surface area (Å²) in [6.45, 7) is 0. The van der Waals surface area contributed by atoms with Gasteiger partial charge in [0.1, 0.15) is 5.52 Å². The molecule has 2 aromatic rings. The van der Waals surface area contributed by atoms with Crippen molar-refractivity contribution in [3.05, 3.63) is 24.3 Å². The lowest BCUT2D eigenvalue weighted by molar-refractivity contribution is 0.445. The molecule has 3 heteroatoms. The van der Waals surface area contributed by atoms with Crippen LogP contribution in [-0.4, -0.2) is 5.16 Å². The Morgan fingerprint density at radius 2 is 2.10 bits per heavy atom. The maximum absolute atomic E-state index is 5.45. The van der Waals surface area contributed by atoms with Crippen LogP contribution in [0.3, 0.4) is 0 Å². The summed E-state index contributed by atoms with van der Waals surface area (Å²) in [6.07, 6.45) is 0. The molecule has 1 aromatic carbocycles. The largest absolute Gasteiger partial charge is 0.367 e. The molecule has 0 spiro atoms. The van der Waals surface area contributed by atoms with E-state index in [1.165, 1.54) is 0 Å². The van der Waals surface area contributed by atoms with Gasteiger partial charge in [0.25, 0.3) is 0 Å². The quantitative estimate of drug-likeness (QED) is 0.592. The molecule has 0 aliphatic rings. The molecule has 0 fully saturated rings. The zero-order chi connectivity index (χ0) is 6.97. The highest BCUT2D eigenvalue weighted by atomic mass is 16.5. The SMILES string of the molecule is Nc1onc2ccccc12. The van der Waals surface area contributed by atoms with E-state index in [4.69, 9.17) is 10.3 Å². The maximum atomic E-state index is 5.45. The van der Waals surface area contributed by atoms with E-state index in [0.717, 1.165) is 10.9 Å². The molecule has 10 heavy (non-hydrogen) atoms. The van der Waals surface area contributed by atoms with Crippen LogP contribution < -0.4 is 5.73 Å². The van der Waals surface area contributed by atoms with E-state index >= 15 is 0 Å². The third kappa shape index (κ3) is 0.572. The van der Waals surface area contributed by atoms with Gasteiger partial charge in [-0.25, -0.2) is 0 Å². The van der Waals surface area contributed by atoms with E-state index in [1.54, 1.807) is 0 Å². The molecule has 0 aliphatic heterocycles. The van der Waals surface area contributed by atoms with Gasteiger partial charge in [-0.05, 0) is 12.1 Å². The first-order valence-electron chi connectivity index (χ1n) is 2.98. The Bertz CT molecular complexity index is 353. The first-order valence-corrected chi connectivity index (χ1v) is 2.98. The average Bonchev–Trinajstić information content (AvgIpc) is 2.34. The van der Waals surface area contributed by atoms with Crippen molar-refractivity contribution in [2.75, 3.05) is 5.73 Å².